The largest absolute Gasteiger partial charge is 0.205 e. The monoisotopic (exact) mass is 373 g/mol. The first-order valence-corrected chi connectivity index (χ1v) is 11.0. The first kappa shape index (κ1) is 20.3. The Balaban J connectivity index is 1.43. The van der Waals surface area contributed by atoms with Gasteiger partial charge in [0.2, 0.25) is 0 Å². The van der Waals surface area contributed by atoms with E-state index in [0.29, 0.717) is 0 Å². The van der Waals surface area contributed by atoms with E-state index in [1.54, 1.807) is 6.07 Å². The van der Waals surface area contributed by atoms with Crippen LogP contribution >= 0.6 is 0 Å². The summed E-state index contributed by atoms with van der Waals surface area (Å²) in [6.07, 6.45) is 15.5. The Bertz CT molecular complexity index is 624. The zero-order valence-electron chi connectivity index (χ0n) is 16.7. The summed E-state index contributed by atoms with van der Waals surface area (Å²) in [7, 11) is 0. The van der Waals surface area contributed by atoms with Crippen LogP contribution < -0.4 is 0 Å². The molecule has 0 aromatic heterocycles. The first-order valence-electron chi connectivity index (χ1n) is 11.0. The molecule has 0 aliphatic heterocycles. The number of nitrogens with zero attached hydrogens (tertiary/aromatic N) is 1. The molecule has 1 nitrogen and oxygen atoms in total. The van der Waals surface area contributed by atoms with Gasteiger partial charge >= 0.3 is 0 Å². The summed E-state index contributed by atoms with van der Waals surface area (Å²) in [5, 5.41) is 8.81. The maximum absolute atomic E-state index is 13.9. The van der Waals surface area contributed by atoms with Crippen LogP contribution in [0, 0.1) is 40.7 Å². The highest BCUT2D eigenvalue weighted by Crippen LogP contribution is 2.40. The zero-order chi connectivity index (χ0) is 19.2. The van der Waals surface area contributed by atoms with Gasteiger partial charge in [0.25, 0.3) is 0 Å². The van der Waals surface area contributed by atoms with Gasteiger partial charge in [-0.25, -0.2) is 8.78 Å². The minimum atomic E-state index is -0.715. The molecule has 27 heavy (non-hydrogen) atoms. The van der Waals surface area contributed by atoms with Crippen molar-refractivity contribution in [3.05, 3.63) is 34.9 Å². The van der Waals surface area contributed by atoms with Gasteiger partial charge in [0.05, 0.1) is 0 Å². The standard InChI is InChI=1S/C24H33F2N/c1-2-3-17-4-6-18(7-5-17)8-9-19-10-12-20(13-11-19)21-14-23(25)22(16-27)24(26)15-21/h14-15,17-20H,2-13H2,1H3/t17-,18-,19-,20-. The van der Waals surface area contributed by atoms with Crippen LogP contribution in [0.15, 0.2) is 12.1 Å². The average Bonchev–Trinajstić information content (AvgIpc) is 2.68. The molecule has 2 fully saturated rings. The van der Waals surface area contributed by atoms with Crippen molar-refractivity contribution in [3.63, 3.8) is 0 Å². The Morgan fingerprint density at radius 3 is 1.70 bits per heavy atom. The molecule has 0 N–H and O–H groups in total. The molecule has 0 unspecified atom stereocenters. The number of hydrogen-bond donors (Lipinski definition) is 0. The molecule has 0 radical (unpaired) electrons. The van der Waals surface area contributed by atoms with Crippen molar-refractivity contribution in [1.82, 2.24) is 0 Å². The number of hydrogen-bond acceptors (Lipinski definition) is 1. The van der Waals surface area contributed by atoms with Crippen LogP contribution in [0.5, 0.6) is 0 Å². The smallest absolute Gasteiger partial charge is 0.144 e. The van der Waals surface area contributed by atoms with Gasteiger partial charge in [0.15, 0.2) is 0 Å². The van der Waals surface area contributed by atoms with E-state index in [4.69, 9.17) is 5.26 Å². The lowest BCUT2D eigenvalue weighted by molar-refractivity contribution is 0.224. The van der Waals surface area contributed by atoms with Gasteiger partial charge in [-0.3, -0.25) is 0 Å². The molecular weight excluding hydrogens is 340 g/mol. The fourth-order valence-corrected chi connectivity index (χ4v) is 5.41. The highest BCUT2D eigenvalue weighted by atomic mass is 19.1. The maximum atomic E-state index is 13.9. The van der Waals surface area contributed by atoms with Crippen molar-refractivity contribution < 1.29 is 8.78 Å². The molecule has 1 aromatic rings. The number of nitriles is 1. The Labute approximate surface area is 163 Å². The average molecular weight is 374 g/mol. The van der Waals surface area contributed by atoms with Crippen molar-refractivity contribution in [3.8, 4) is 6.07 Å². The fraction of sp³-hybridized carbons (Fsp3) is 0.708. The maximum Gasteiger partial charge on any atom is 0.144 e. The lowest BCUT2D eigenvalue weighted by Crippen LogP contribution is -2.18. The molecule has 0 bridgehead atoms. The van der Waals surface area contributed by atoms with Crippen LogP contribution in [-0.4, -0.2) is 0 Å². The van der Waals surface area contributed by atoms with E-state index in [0.717, 1.165) is 36.2 Å². The lowest BCUT2D eigenvalue weighted by atomic mass is 9.74. The second-order valence-corrected chi connectivity index (χ2v) is 8.94. The van der Waals surface area contributed by atoms with Crippen LogP contribution in [-0.2, 0) is 0 Å². The third-order valence-electron chi connectivity index (χ3n) is 7.14. The summed E-state index contributed by atoms with van der Waals surface area (Å²) in [5.74, 6) is 1.50. The number of halogens is 2. The molecule has 3 rings (SSSR count). The zero-order valence-corrected chi connectivity index (χ0v) is 16.7. The van der Waals surface area contributed by atoms with Crippen LogP contribution in [0.3, 0.4) is 0 Å². The van der Waals surface area contributed by atoms with Crippen molar-refractivity contribution in [1.29, 1.82) is 5.26 Å². The Hall–Kier alpha value is -1.43. The molecule has 0 spiro atoms. The van der Waals surface area contributed by atoms with Crippen molar-refractivity contribution in [2.75, 3.05) is 0 Å². The predicted molar refractivity (Wildman–Crippen MR) is 105 cm³/mol. The SMILES string of the molecule is CCC[C@H]1CC[C@H](CC[C@H]2CC[C@H](c3cc(F)c(C#N)c(F)c3)CC2)CC1. The molecule has 2 aliphatic rings. The van der Waals surface area contributed by atoms with Gasteiger partial charge < -0.3 is 0 Å². The number of benzene rings is 1. The molecule has 148 valence electrons. The van der Waals surface area contributed by atoms with E-state index in [-0.39, 0.29) is 5.92 Å². The van der Waals surface area contributed by atoms with Gasteiger partial charge in [0.1, 0.15) is 23.3 Å². The molecular formula is C24H33F2N. The van der Waals surface area contributed by atoms with E-state index in [9.17, 15) is 8.78 Å². The van der Waals surface area contributed by atoms with Crippen LogP contribution in [0.4, 0.5) is 8.78 Å². The van der Waals surface area contributed by atoms with Crippen LogP contribution in [0.25, 0.3) is 0 Å². The Morgan fingerprint density at radius 1 is 0.815 bits per heavy atom. The minimum absolute atomic E-state index is 0.238. The number of rotatable bonds is 6. The summed E-state index contributed by atoms with van der Waals surface area (Å²) in [6.45, 7) is 2.29. The van der Waals surface area contributed by atoms with Crippen molar-refractivity contribution in [2.24, 2.45) is 17.8 Å². The Kier molecular flexibility index (Phi) is 7.27. The summed E-state index contributed by atoms with van der Waals surface area (Å²) in [5.41, 5.74) is 0.276. The highest BCUT2D eigenvalue weighted by Gasteiger charge is 2.26. The summed E-state index contributed by atoms with van der Waals surface area (Å²) in [6, 6.07) is 4.36. The second kappa shape index (κ2) is 9.67. The third-order valence-corrected chi connectivity index (χ3v) is 7.14. The summed E-state index contributed by atoms with van der Waals surface area (Å²) < 4.78 is 27.8. The van der Waals surface area contributed by atoms with Crippen molar-refractivity contribution >= 4 is 0 Å². The van der Waals surface area contributed by atoms with Gasteiger partial charge in [-0.05, 0) is 67.1 Å². The van der Waals surface area contributed by atoms with Gasteiger partial charge in [-0.15, -0.1) is 0 Å². The van der Waals surface area contributed by atoms with E-state index in [2.05, 4.69) is 6.92 Å². The van der Waals surface area contributed by atoms with Crippen LogP contribution in [0.2, 0.25) is 0 Å². The van der Waals surface area contributed by atoms with Crippen molar-refractivity contribution in [2.45, 2.75) is 89.9 Å². The summed E-state index contributed by atoms with van der Waals surface area (Å²) >= 11 is 0. The van der Waals surface area contributed by atoms with E-state index in [1.807, 2.05) is 0 Å². The first-order chi connectivity index (χ1) is 13.1. The molecule has 0 saturated heterocycles. The lowest BCUT2D eigenvalue weighted by Gasteiger charge is -2.32. The van der Waals surface area contributed by atoms with Gasteiger partial charge in [-0.2, -0.15) is 5.26 Å². The quantitative estimate of drug-likeness (QED) is 0.506. The molecule has 2 saturated carbocycles. The molecule has 3 heteroatoms. The van der Waals surface area contributed by atoms with Gasteiger partial charge in [0, 0.05) is 0 Å². The molecule has 0 atom stereocenters. The van der Waals surface area contributed by atoms with Crippen LogP contribution in [0.1, 0.15) is 101 Å². The topological polar surface area (TPSA) is 23.8 Å². The predicted octanol–water partition coefficient (Wildman–Crippen LogP) is 7.50. The molecule has 0 amide bonds. The fourth-order valence-electron chi connectivity index (χ4n) is 5.41. The van der Waals surface area contributed by atoms with Gasteiger partial charge in [-0.1, -0.05) is 58.3 Å². The molecule has 2 aliphatic carbocycles. The van der Waals surface area contributed by atoms with E-state index in [1.165, 1.54) is 76.3 Å². The second-order valence-electron chi connectivity index (χ2n) is 8.94. The third kappa shape index (κ3) is 5.31. The normalized spacial score (nSPS) is 28.7. The van der Waals surface area contributed by atoms with E-state index < -0.39 is 17.2 Å². The molecule has 0 heterocycles. The summed E-state index contributed by atoms with van der Waals surface area (Å²) in [4.78, 5) is 0. The van der Waals surface area contributed by atoms with E-state index >= 15 is 0 Å². The Morgan fingerprint density at radius 2 is 1.26 bits per heavy atom. The minimum Gasteiger partial charge on any atom is -0.205 e. The molecule has 1 aromatic carbocycles. The highest BCUT2D eigenvalue weighted by molar-refractivity contribution is 5.36.